The third kappa shape index (κ3) is 2.95. The number of carbonyl (C=O) groups is 1. The zero-order chi connectivity index (χ0) is 14.8. The second-order valence-corrected chi connectivity index (χ2v) is 5.68. The fraction of sp³-hybridized carbons (Fsp3) is 0.0588. The van der Waals surface area contributed by atoms with Crippen LogP contribution in [0.25, 0.3) is 10.9 Å². The molecule has 0 saturated carbocycles. The molecule has 0 saturated heterocycles. The lowest BCUT2D eigenvalue weighted by Gasteiger charge is -2.08. The number of nitrogens with one attached hydrogen (secondary N) is 1. The third-order valence-corrected chi connectivity index (χ3v) is 4.17. The van der Waals surface area contributed by atoms with Gasteiger partial charge in [0.2, 0.25) is 0 Å². The second-order valence-electron chi connectivity index (χ2n) is 4.83. The van der Waals surface area contributed by atoms with Crippen molar-refractivity contribution in [1.29, 1.82) is 0 Å². The first kappa shape index (κ1) is 13.8. The molecule has 1 amide bonds. The molecule has 21 heavy (non-hydrogen) atoms. The van der Waals surface area contributed by atoms with Crippen molar-refractivity contribution >= 4 is 38.4 Å². The molecule has 1 heterocycles. The van der Waals surface area contributed by atoms with Gasteiger partial charge in [-0.2, -0.15) is 0 Å². The molecule has 1 aromatic heterocycles. The van der Waals surface area contributed by atoms with Crippen LogP contribution in [0.3, 0.4) is 0 Å². The Balaban J connectivity index is 1.87. The van der Waals surface area contributed by atoms with E-state index in [1.165, 1.54) is 0 Å². The molecular weight excluding hydrogens is 328 g/mol. The van der Waals surface area contributed by atoms with Crippen LogP contribution < -0.4 is 5.32 Å². The minimum atomic E-state index is -0.123. The van der Waals surface area contributed by atoms with Crippen LogP contribution in [0.2, 0.25) is 0 Å². The van der Waals surface area contributed by atoms with E-state index in [0.717, 1.165) is 26.6 Å². The average molecular weight is 341 g/mol. The number of hydrogen-bond donors (Lipinski definition) is 1. The number of fused-ring (bicyclic) bond motifs is 1. The molecule has 0 atom stereocenters. The molecule has 4 heteroatoms. The van der Waals surface area contributed by atoms with Crippen LogP contribution in [-0.2, 0) is 0 Å². The first-order valence-corrected chi connectivity index (χ1v) is 7.35. The maximum atomic E-state index is 12.3. The monoisotopic (exact) mass is 340 g/mol. The minimum Gasteiger partial charge on any atom is -0.322 e. The summed E-state index contributed by atoms with van der Waals surface area (Å²) in [7, 11) is 0. The van der Waals surface area contributed by atoms with E-state index in [9.17, 15) is 4.79 Å². The number of halogens is 1. The molecule has 0 aliphatic carbocycles. The molecule has 0 aliphatic heterocycles. The quantitative estimate of drug-likeness (QED) is 0.743. The molecule has 0 unspecified atom stereocenters. The Kier molecular flexibility index (Phi) is 3.71. The number of benzene rings is 2. The molecular formula is C17H13BrN2O. The van der Waals surface area contributed by atoms with E-state index < -0.39 is 0 Å². The summed E-state index contributed by atoms with van der Waals surface area (Å²) >= 11 is 3.45. The zero-order valence-electron chi connectivity index (χ0n) is 11.4. The van der Waals surface area contributed by atoms with Crippen molar-refractivity contribution in [3.8, 4) is 0 Å². The number of carbonyl (C=O) groups excluding carboxylic acids is 1. The van der Waals surface area contributed by atoms with Gasteiger partial charge in [-0.1, -0.05) is 22.0 Å². The fourth-order valence-corrected chi connectivity index (χ4v) is 2.39. The largest absolute Gasteiger partial charge is 0.322 e. The van der Waals surface area contributed by atoms with Crippen molar-refractivity contribution in [2.24, 2.45) is 0 Å². The number of rotatable bonds is 2. The Morgan fingerprint density at radius 3 is 2.81 bits per heavy atom. The summed E-state index contributed by atoms with van der Waals surface area (Å²) in [5.41, 5.74) is 3.37. The maximum absolute atomic E-state index is 12.3. The number of aryl methyl sites for hydroxylation is 1. The lowest BCUT2D eigenvalue weighted by atomic mass is 10.1. The van der Waals surface area contributed by atoms with Gasteiger partial charge in [-0.05, 0) is 55.0 Å². The van der Waals surface area contributed by atoms with E-state index in [-0.39, 0.29) is 5.91 Å². The summed E-state index contributed by atoms with van der Waals surface area (Å²) in [5.74, 6) is -0.123. The Bertz CT molecular complexity index is 830. The van der Waals surface area contributed by atoms with Crippen LogP contribution in [0.1, 0.15) is 15.9 Å². The minimum absolute atomic E-state index is 0.123. The van der Waals surface area contributed by atoms with Crippen molar-refractivity contribution in [2.45, 2.75) is 6.92 Å². The van der Waals surface area contributed by atoms with E-state index in [1.54, 1.807) is 12.3 Å². The average Bonchev–Trinajstić information content (AvgIpc) is 2.50. The summed E-state index contributed by atoms with van der Waals surface area (Å²) in [4.78, 5) is 16.6. The van der Waals surface area contributed by atoms with E-state index >= 15 is 0 Å². The van der Waals surface area contributed by atoms with Gasteiger partial charge < -0.3 is 5.32 Å². The molecule has 3 nitrogen and oxygen atoms in total. The van der Waals surface area contributed by atoms with Gasteiger partial charge in [0.05, 0.1) is 5.52 Å². The normalized spacial score (nSPS) is 10.6. The van der Waals surface area contributed by atoms with Crippen molar-refractivity contribution in [3.63, 3.8) is 0 Å². The molecule has 1 N–H and O–H groups in total. The number of hydrogen-bond acceptors (Lipinski definition) is 2. The number of amides is 1. The molecule has 0 radical (unpaired) electrons. The molecule has 3 aromatic rings. The van der Waals surface area contributed by atoms with Gasteiger partial charge in [-0.3, -0.25) is 9.78 Å². The highest BCUT2D eigenvalue weighted by molar-refractivity contribution is 9.10. The van der Waals surface area contributed by atoms with Crippen molar-refractivity contribution in [2.75, 3.05) is 5.32 Å². The smallest absolute Gasteiger partial charge is 0.255 e. The van der Waals surface area contributed by atoms with Gasteiger partial charge in [-0.15, -0.1) is 0 Å². The molecule has 0 aliphatic rings. The first-order chi connectivity index (χ1) is 10.1. The fourth-order valence-electron chi connectivity index (χ4n) is 2.14. The highest BCUT2D eigenvalue weighted by Crippen LogP contribution is 2.21. The molecule has 0 spiro atoms. The van der Waals surface area contributed by atoms with Crippen molar-refractivity contribution < 1.29 is 4.79 Å². The van der Waals surface area contributed by atoms with Gasteiger partial charge in [0.1, 0.15) is 0 Å². The Morgan fingerprint density at radius 1 is 1.14 bits per heavy atom. The third-order valence-electron chi connectivity index (χ3n) is 3.28. The maximum Gasteiger partial charge on any atom is 0.255 e. The van der Waals surface area contributed by atoms with Crippen LogP contribution in [0.5, 0.6) is 0 Å². The van der Waals surface area contributed by atoms with Gasteiger partial charge in [-0.25, -0.2) is 0 Å². The molecule has 2 aromatic carbocycles. The second kappa shape index (κ2) is 5.66. The van der Waals surface area contributed by atoms with Gasteiger partial charge in [0.25, 0.3) is 5.91 Å². The van der Waals surface area contributed by atoms with Gasteiger partial charge in [0, 0.05) is 27.3 Å². The lowest BCUT2D eigenvalue weighted by molar-refractivity contribution is 0.102. The van der Waals surface area contributed by atoms with Crippen LogP contribution in [0.15, 0.2) is 59.2 Å². The highest BCUT2D eigenvalue weighted by Gasteiger charge is 2.08. The standard InChI is InChI=1S/C17H13BrN2O/c1-11-9-14(5-6-15(11)18)20-17(21)13-4-7-16-12(10-13)3-2-8-19-16/h2-10H,1H3,(H,20,21). The van der Waals surface area contributed by atoms with Crippen molar-refractivity contribution in [3.05, 3.63) is 70.3 Å². The number of aromatic nitrogens is 1. The van der Waals surface area contributed by atoms with E-state index in [0.29, 0.717) is 5.56 Å². The first-order valence-electron chi connectivity index (χ1n) is 6.56. The topological polar surface area (TPSA) is 42.0 Å². The number of anilines is 1. The summed E-state index contributed by atoms with van der Waals surface area (Å²) in [6.07, 6.45) is 1.74. The number of pyridine rings is 1. The Labute approximate surface area is 131 Å². The predicted molar refractivity (Wildman–Crippen MR) is 88.6 cm³/mol. The molecule has 0 fully saturated rings. The van der Waals surface area contributed by atoms with Crippen LogP contribution in [0.4, 0.5) is 5.69 Å². The Hall–Kier alpha value is -2.20. The molecule has 0 bridgehead atoms. The summed E-state index contributed by atoms with van der Waals surface area (Å²) in [6, 6.07) is 15.0. The predicted octanol–water partition coefficient (Wildman–Crippen LogP) is 4.56. The summed E-state index contributed by atoms with van der Waals surface area (Å²) in [5, 5.41) is 3.87. The van der Waals surface area contributed by atoms with Crippen LogP contribution in [-0.4, -0.2) is 10.9 Å². The van der Waals surface area contributed by atoms with Gasteiger partial charge >= 0.3 is 0 Å². The molecule has 104 valence electrons. The van der Waals surface area contributed by atoms with Crippen LogP contribution >= 0.6 is 15.9 Å². The van der Waals surface area contributed by atoms with E-state index in [2.05, 4.69) is 26.2 Å². The van der Waals surface area contributed by atoms with Crippen molar-refractivity contribution in [1.82, 2.24) is 4.98 Å². The van der Waals surface area contributed by atoms with E-state index in [4.69, 9.17) is 0 Å². The number of nitrogens with zero attached hydrogens (tertiary/aromatic N) is 1. The molecule has 3 rings (SSSR count). The van der Waals surface area contributed by atoms with Gasteiger partial charge in [0.15, 0.2) is 0 Å². The zero-order valence-corrected chi connectivity index (χ0v) is 13.0. The van der Waals surface area contributed by atoms with E-state index in [1.807, 2.05) is 49.4 Å². The summed E-state index contributed by atoms with van der Waals surface area (Å²) < 4.78 is 1.03. The Morgan fingerprint density at radius 2 is 2.00 bits per heavy atom. The summed E-state index contributed by atoms with van der Waals surface area (Å²) in [6.45, 7) is 1.99. The van der Waals surface area contributed by atoms with Crippen LogP contribution in [0, 0.1) is 6.92 Å². The highest BCUT2D eigenvalue weighted by atomic mass is 79.9. The lowest BCUT2D eigenvalue weighted by Crippen LogP contribution is -2.11. The SMILES string of the molecule is Cc1cc(NC(=O)c2ccc3ncccc3c2)ccc1Br.